The van der Waals surface area contributed by atoms with E-state index in [4.69, 9.17) is 14.5 Å². The van der Waals surface area contributed by atoms with Gasteiger partial charge in [0.15, 0.2) is 0 Å². The maximum Gasteiger partial charge on any atom is 0.330 e. The molecule has 2 heterocycles. The Morgan fingerprint density at radius 2 is 2.16 bits per heavy atom. The van der Waals surface area contributed by atoms with Gasteiger partial charge >= 0.3 is 13.3 Å². The van der Waals surface area contributed by atoms with Gasteiger partial charge in [-0.1, -0.05) is 0 Å². The molecule has 1 unspecified atom stereocenters. The molecule has 2 rings (SSSR count). The lowest BCUT2D eigenvalue weighted by Gasteiger charge is -2.16. The predicted octanol–water partition coefficient (Wildman–Crippen LogP) is -0.300. The molecule has 9 heteroatoms. The molecule has 0 aliphatic carbocycles. The summed E-state index contributed by atoms with van der Waals surface area (Å²) < 4.78 is 17.6. The van der Waals surface area contributed by atoms with Crippen molar-refractivity contribution in [1.29, 1.82) is 0 Å². The Hall–Kier alpha value is -1.21. The molecule has 3 N–H and O–H groups in total. The van der Waals surface area contributed by atoms with E-state index in [1.165, 1.54) is 10.8 Å². The van der Waals surface area contributed by atoms with Crippen molar-refractivity contribution in [3.63, 3.8) is 0 Å². The summed E-state index contributed by atoms with van der Waals surface area (Å²) in [5.41, 5.74) is -0.662. The minimum atomic E-state index is -4.13. The SMILES string of the molecule is Cc1cn(C2CC[C@@H](CP(=O)(O)O)O2)c(=O)[nH]c1=O. The Morgan fingerprint density at radius 3 is 2.79 bits per heavy atom. The largest absolute Gasteiger partial charge is 0.354 e. The van der Waals surface area contributed by atoms with Crippen LogP contribution in [0.3, 0.4) is 0 Å². The highest BCUT2D eigenvalue weighted by Gasteiger charge is 2.32. The van der Waals surface area contributed by atoms with E-state index >= 15 is 0 Å². The van der Waals surface area contributed by atoms with Gasteiger partial charge in [-0.3, -0.25) is 18.9 Å². The van der Waals surface area contributed by atoms with Gasteiger partial charge in [-0.2, -0.15) is 0 Å². The number of aromatic amines is 1. The monoisotopic (exact) mass is 290 g/mol. The number of aryl methyl sites for hydroxylation is 1. The molecule has 0 bridgehead atoms. The Bertz CT molecular complexity index is 630. The summed E-state index contributed by atoms with van der Waals surface area (Å²) >= 11 is 0. The van der Waals surface area contributed by atoms with Crippen molar-refractivity contribution in [3.05, 3.63) is 32.6 Å². The minimum absolute atomic E-state index is 0.361. The van der Waals surface area contributed by atoms with Crippen LogP contribution in [0.1, 0.15) is 24.6 Å². The lowest BCUT2D eigenvalue weighted by Crippen LogP contribution is -2.33. The van der Waals surface area contributed by atoms with E-state index in [-0.39, 0.29) is 6.16 Å². The van der Waals surface area contributed by atoms with Crippen LogP contribution in [0.4, 0.5) is 0 Å². The number of nitrogens with one attached hydrogen (secondary N) is 1. The molecule has 0 amide bonds. The van der Waals surface area contributed by atoms with Gasteiger partial charge in [0.05, 0.1) is 12.3 Å². The second-order valence-corrected chi connectivity index (χ2v) is 6.31. The Labute approximate surface area is 108 Å². The number of nitrogens with zero attached hydrogens (tertiary/aromatic N) is 1. The molecule has 1 aliphatic heterocycles. The van der Waals surface area contributed by atoms with Gasteiger partial charge in [0.2, 0.25) is 0 Å². The van der Waals surface area contributed by atoms with Crippen LogP contribution in [-0.4, -0.2) is 31.6 Å². The van der Waals surface area contributed by atoms with Gasteiger partial charge in [0.1, 0.15) is 6.23 Å². The van der Waals surface area contributed by atoms with Crippen LogP contribution in [0.25, 0.3) is 0 Å². The Morgan fingerprint density at radius 1 is 1.47 bits per heavy atom. The molecule has 1 saturated heterocycles. The van der Waals surface area contributed by atoms with E-state index < -0.39 is 31.2 Å². The first-order valence-electron chi connectivity index (χ1n) is 5.78. The molecule has 8 nitrogen and oxygen atoms in total. The number of rotatable bonds is 3. The van der Waals surface area contributed by atoms with Crippen LogP contribution in [-0.2, 0) is 9.30 Å². The molecule has 19 heavy (non-hydrogen) atoms. The smallest absolute Gasteiger partial charge is 0.330 e. The molecule has 0 spiro atoms. The zero-order valence-electron chi connectivity index (χ0n) is 10.3. The second-order valence-electron chi connectivity index (χ2n) is 4.62. The predicted molar refractivity (Wildman–Crippen MR) is 66.1 cm³/mol. The molecule has 1 aliphatic rings. The average Bonchev–Trinajstić information content (AvgIpc) is 2.69. The van der Waals surface area contributed by atoms with E-state index in [9.17, 15) is 14.2 Å². The number of ether oxygens (including phenoxy) is 1. The lowest BCUT2D eigenvalue weighted by molar-refractivity contribution is 0.00754. The Balaban J connectivity index is 2.18. The van der Waals surface area contributed by atoms with Gasteiger partial charge in [0, 0.05) is 11.8 Å². The number of H-pyrrole nitrogens is 1. The van der Waals surface area contributed by atoms with Crippen LogP contribution in [0.15, 0.2) is 15.8 Å². The summed E-state index contributed by atoms with van der Waals surface area (Å²) in [5.74, 6) is 0. The van der Waals surface area contributed by atoms with Crippen molar-refractivity contribution in [1.82, 2.24) is 9.55 Å². The molecule has 0 aromatic carbocycles. The first-order chi connectivity index (χ1) is 8.76. The number of hydrogen-bond donors (Lipinski definition) is 3. The van der Waals surface area contributed by atoms with Crippen LogP contribution < -0.4 is 11.2 Å². The molecular formula is C10H15N2O6P. The third-order valence-electron chi connectivity index (χ3n) is 2.98. The summed E-state index contributed by atoms with van der Waals surface area (Å²) in [7, 11) is -4.13. The average molecular weight is 290 g/mol. The fourth-order valence-corrected chi connectivity index (χ4v) is 2.89. The number of hydrogen-bond acceptors (Lipinski definition) is 4. The third kappa shape index (κ3) is 3.42. The van der Waals surface area contributed by atoms with Crippen molar-refractivity contribution < 1.29 is 19.1 Å². The first-order valence-corrected chi connectivity index (χ1v) is 7.58. The quantitative estimate of drug-likeness (QED) is 0.657. The molecule has 106 valence electrons. The summed E-state index contributed by atoms with van der Waals surface area (Å²) in [6.45, 7) is 1.57. The zero-order chi connectivity index (χ0) is 14.2. The molecule has 0 saturated carbocycles. The third-order valence-corrected chi connectivity index (χ3v) is 3.87. The highest BCUT2D eigenvalue weighted by molar-refractivity contribution is 7.51. The van der Waals surface area contributed by atoms with Gasteiger partial charge in [-0.25, -0.2) is 4.79 Å². The van der Waals surface area contributed by atoms with Crippen LogP contribution >= 0.6 is 7.60 Å². The maximum absolute atomic E-state index is 11.6. The zero-order valence-corrected chi connectivity index (χ0v) is 11.2. The molecule has 0 radical (unpaired) electrons. The maximum atomic E-state index is 11.6. The van der Waals surface area contributed by atoms with E-state index in [2.05, 4.69) is 4.98 Å². The van der Waals surface area contributed by atoms with Crippen molar-refractivity contribution in [2.45, 2.75) is 32.1 Å². The van der Waals surface area contributed by atoms with E-state index in [1.807, 2.05) is 0 Å². The fraction of sp³-hybridized carbons (Fsp3) is 0.600. The molecule has 1 aromatic heterocycles. The molecular weight excluding hydrogens is 275 g/mol. The second kappa shape index (κ2) is 5.05. The molecule has 1 aromatic rings. The van der Waals surface area contributed by atoms with Crippen molar-refractivity contribution >= 4 is 7.60 Å². The standard InChI is InChI=1S/C10H15N2O6P/c1-6-4-12(10(14)11-9(6)13)8-3-2-7(18-8)5-19(15,16)17/h4,7-8H,2-3,5H2,1H3,(H,11,13,14)(H2,15,16,17)/t7-,8?/m0/s1. The van der Waals surface area contributed by atoms with E-state index in [0.717, 1.165) is 0 Å². The summed E-state index contributed by atoms with van der Waals surface area (Å²) in [6.07, 6.45) is 0.785. The van der Waals surface area contributed by atoms with Crippen LogP contribution in [0.5, 0.6) is 0 Å². The van der Waals surface area contributed by atoms with Crippen molar-refractivity contribution in [2.24, 2.45) is 0 Å². The van der Waals surface area contributed by atoms with Crippen LogP contribution in [0.2, 0.25) is 0 Å². The summed E-state index contributed by atoms with van der Waals surface area (Å²) in [4.78, 5) is 42.8. The minimum Gasteiger partial charge on any atom is -0.354 e. The molecule has 2 atom stereocenters. The topological polar surface area (TPSA) is 122 Å². The lowest BCUT2D eigenvalue weighted by atomic mass is 10.2. The fourth-order valence-electron chi connectivity index (χ4n) is 2.09. The Kier molecular flexibility index (Phi) is 3.78. The summed E-state index contributed by atoms with van der Waals surface area (Å²) in [6, 6.07) is 0. The van der Waals surface area contributed by atoms with Crippen molar-refractivity contribution in [2.75, 3.05) is 6.16 Å². The van der Waals surface area contributed by atoms with E-state index in [1.54, 1.807) is 6.92 Å². The normalized spacial score (nSPS) is 23.7. The summed E-state index contributed by atoms with van der Waals surface area (Å²) in [5, 5.41) is 0. The van der Waals surface area contributed by atoms with Gasteiger partial charge in [0.25, 0.3) is 5.56 Å². The highest BCUT2D eigenvalue weighted by Crippen LogP contribution is 2.40. The first kappa shape index (κ1) is 14.2. The van der Waals surface area contributed by atoms with Crippen molar-refractivity contribution in [3.8, 4) is 0 Å². The van der Waals surface area contributed by atoms with Crippen LogP contribution in [0, 0.1) is 6.92 Å². The van der Waals surface area contributed by atoms with Gasteiger partial charge in [-0.05, 0) is 19.8 Å². The van der Waals surface area contributed by atoms with Gasteiger partial charge < -0.3 is 14.5 Å². The van der Waals surface area contributed by atoms with Gasteiger partial charge in [-0.15, -0.1) is 0 Å². The molecule has 1 fully saturated rings. The van der Waals surface area contributed by atoms with E-state index in [0.29, 0.717) is 18.4 Å². The number of aromatic nitrogens is 2. The highest BCUT2D eigenvalue weighted by atomic mass is 31.2.